The minimum Gasteiger partial charge on any atom is -0.493 e. The lowest BCUT2D eigenvalue weighted by atomic mass is 9.89. The van der Waals surface area contributed by atoms with Crippen molar-refractivity contribution in [2.75, 3.05) is 34.4 Å². The highest BCUT2D eigenvalue weighted by Crippen LogP contribution is 2.39. The molecule has 0 saturated carbocycles. The summed E-state index contributed by atoms with van der Waals surface area (Å²) in [5.74, 6) is 0.734. The third-order valence-corrected chi connectivity index (χ3v) is 5.03. The maximum absolute atomic E-state index is 12.9. The molecule has 9 nitrogen and oxygen atoms in total. The van der Waals surface area contributed by atoms with E-state index in [0.29, 0.717) is 50.3 Å². The number of nitrogens with zero attached hydrogens (tertiary/aromatic N) is 1. The van der Waals surface area contributed by atoms with Gasteiger partial charge in [-0.2, -0.15) is 0 Å². The SMILES string of the molecule is COC(=O)C[C@H]1c2cc(OC)c(OC)cc2CCN1C(=O)CCCCNC(N)=O. The molecule has 29 heavy (non-hydrogen) atoms. The molecule has 1 aliphatic rings. The number of hydrogen-bond donors (Lipinski definition) is 2. The highest BCUT2D eigenvalue weighted by atomic mass is 16.5. The molecule has 0 saturated heterocycles. The molecule has 1 atom stereocenters. The number of nitrogens with one attached hydrogen (secondary N) is 1. The number of carbonyl (C=O) groups is 3. The van der Waals surface area contributed by atoms with E-state index >= 15 is 0 Å². The largest absolute Gasteiger partial charge is 0.493 e. The summed E-state index contributed by atoms with van der Waals surface area (Å²) in [4.78, 5) is 37.3. The molecule has 2 rings (SSSR count). The van der Waals surface area contributed by atoms with Gasteiger partial charge in [0.15, 0.2) is 11.5 Å². The van der Waals surface area contributed by atoms with E-state index in [-0.39, 0.29) is 18.3 Å². The highest BCUT2D eigenvalue weighted by molar-refractivity contribution is 5.79. The standard InChI is InChI=1S/C20H29N3O6/c1-27-16-10-13-7-9-23(18(24)6-4-5-8-22-20(21)26)15(12-19(25)29-3)14(13)11-17(16)28-2/h10-11,15H,4-9,12H2,1-3H3,(H3,21,22,26)/t15-/m0/s1. The molecule has 3 N–H and O–H groups in total. The van der Waals surface area contributed by atoms with E-state index in [1.54, 1.807) is 19.1 Å². The van der Waals surface area contributed by atoms with Crippen molar-refractivity contribution in [1.29, 1.82) is 0 Å². The van der Waals surface area contributed by atoms with Crippen molar-refractivity contribution in [3.63, 3.8) is 0 Å². The molecular formula is C20H29N3O6. The molecule has 0 unspecified atom stereocenters. The van der Waals surface area contributed by atoms with Gasteiger partial charge in [-0.1, -0.05) is 0 Å². The van der Waals surface area contributed by atoms with Crippen molar-refractivity contribution in [1.82, 2.24) is 10.2 Å². The Bertz CT molecular complexity index is 752. The molecule has 1 aromatic carbocycles. The van der Waals surface area contributed by atoms with E-state index in [1.807, 2.05) is 12.1 Å². The second-order valence-corrected chi connectivity index (χ2v) is 6.79. The van der Waals surface area contributed by atoms with E-state index in [2.05, 4.69) is 5.32 Å². The third kappa shape index (κ3) is 5.75. The summed E-state index contributed by atoms with van der Waals surface area (Å²) in [6.45, 7) is 0.927. The molecule has 9 heteroatoms. The first-order chi connectivity index (χ1) is 13.9. The summed E-state index contributed by atoms with van der Waals surface area (Å²) in [7, 11) is 4.45. The second kappa shape index (κ2) is 10.5. The smallest absolute Gasteiger partial charge is 0.312 e. The van der Waals surface area contributed by atoms with Crippen molar-refractivity contribution < 1.29 is 28.6 Å². The van der Waals surface area contributed by atoms with Crippen molar-refractivity contribution in [2.45, 2.75) is 38.1 Å². The normalized spacial score (nSPS) is 15.3. The maximum Gasteiger partial charge on any atom is 0.312 e. The number of primary amides is 1. The Morgan fingerprint density at radius 2 is 1.83 bits per heavy atom. The Kier molecular flexibility index (Phi) is 8.11. The second-order valence-electron chi connectivity index (χ2n) is 6.79. The number of methoxy groups -OCH3 is 3. The average molecular weight is 407 g/mol. The van der Waals surface area contributed by atoms with Crippen LogP contribution in [0.5, 0.6) is 11.5 Å². The van der Waals surface area contributed by atoms with Gasteiger partial charge in [-0.15, -0.1) is 0 Å². The minimum atomic E-state index is -0.577. The van der Waals surface area contributed by atoms with Crippen LogP contribution in [0.2, 0.25) is 0 Å². The number of amides is 3. The van der Waals surface area contributed by atoms with Crippen LogP contribution in [0.15, 0.2) is 12.1 Å². The predicted octanol–water partition coefficient (Wildman–Crippen LogP) is 1.53. The van der Waals surface area contributed by atoms with Crippen LogP contribution in [0.1, 0.15) is 42.9 Å². The molecule has 0 aliphatic carbocycles. The van der Waals surface area contributed by atoms with E-state index in [9.17, 15) is 14.4 Å². The number of esters is 1. The van der Waals surface area contributed by atoms with Crippen molar-refractivity contribution in [2.24, 2.45) is 5.73 Å². The van der Waals surface area contributed by atoms with E-state index in [0.717, 1.165) is 11.1 Å². The predicted molar refractivity (Wildman–Crippen MR) is 106 cm³/mol. The lowest BCUT2D eigenvalue weighted by Gasteiger charge is -2.37. The number of carbonyl (C=O) groups excluding carboxylic acids is 3. The van der Waals surface area contributed by atoms with Crippen LogP contribution in [0.4, 0.5) is 4.79 Å². The Hall–Kier alpha value is -2.97. The lowest BCUT2D eigenvalue weighted by molar-refractivity contribution is -0.144. The number of nitrogens with two attached hydrogens (primary N) is 1. The van der Waals surface area contributed by atoms with Gasteiger partial charge in [-0.05, 0) is 42.5 Å². The fourth-order valence-electron chi connectivity index (χ4n) is 3.54. The number of fused-ring (bicyclic) bond motifs is 1. The van der Waals surface area contributed by atoms with Crippen LogP contribution in [0.25, 0.3) is 0 Å². The first-order valence-electron chi connectivity index (χ1n) is 9.55. The molecule has 3 amide bonds. The summed E-state index contributed by atoms with van der Waals surface area (Å²) < 4.78 is 15.6. The van der Waals surface area contributed by atoms with Gasteiger partial charge < -0.3 is 30.2 Å². The monoisotopic (exact) mass is 407 g/mol. The number of urea groups is 1. The quantitative estimate of drug-likeness (QED) is 0.473. The van der Waals surface area contributed by atoms with Gasteiger partial charge in [0.25, 0.3) is 0 Å². The van der Waals surface area contributed by atoms with Gasteiger partial charge in [0.2, 0.25) is 5.91 Å². The number of ether oxygens (including phenoxy) is 3. The summed E-state index contributed by atoms with van der Waals surface area (Å²) in [5, 5.41) is 2.50. The fourth-order valence-corrected chi connectivity index (χ4v) is 3.54. The van der Waals surface area contributed by atoms with Crippen molar-refractivity contribution >= 4 is 17.9 Å². The van der Waals surface area contributed by atoms with Gasteiger partial charge >= 0.3 is 12.0 Å². The summed E-state index contributed by atoms with van der Waals surface area (Å²) >= 11 is 0. The molecule has 0 radical (unpaired) electrons. The third-order valence-electron chi connectivity index (χ3n) is 5.03. The van der Waals surface area contributed by atoms with Gasteiger partial charge in [-0.3, -0.25) is 9.59 Å². The van der Waals surface area contributed by atoms with Crippen LogP contribution < -0.4 is 20.5 Å². The van der Waals surface area contributed by atoms with Crippen molar-refractivity contribution in [3.8, 4) is 11.5 Å². The topological polar surface area (TPSA) is 120 Å². The average Bonchev–Trinajstić information content (AvgIpc) is 2.71. The molecule has 1 aliphatic heterocycles. The van der Waals surface area contributed by atoms with Gasteiger partial charge in [0, 0.05) is 19.5 Å². The maximum atomic E-state index is 12.9. The zero-order valence-corrected chi connectivity index (χ0v) is 17.2. The fraction of sp³-hybridized carbons (Fsp3) is 0.550. The zero-order chi connectivity index (χ0) is 21.4. The molecule has 1 aromatic rings. The Morgan fingerprint density at radius 1 is 1.14 bits per heavy atom. The Balaban J connectivity index is 2.19. The first-order valence-corrected chi connectivity index (χ1v) is 9.55. The molecule has 0 fully saturated rings. The van der Waals surface area contributed by atoms with Gasteiger partial charge in [0.05, 0.1) is 33.8 Å². The van der Waals surface area contributed by atoms with Crippen LogP contribution >= 0.6 is 0 Å². The summed E-state index contributed by atoms with van der Waals surface area (Å²) in [6, 6.07) is 2.72. The molecular weight excluding hydrogens is 378 g/mol. The molecule has 1 heterocycles. The van der Waals surface area contributed by atoms with Gasteiger partial charge in [0.1, 0.15) is 0 Å². The number of unbranched alkanes of at least 4 members (excludes halogenated alkanes) is 1. The molecule has 0 aromatic heterocycles. The first kappa shape index (κ1) is 22.3. The van der Waals surface area contributed by atoms with Crippen LogP contribution in [0, 0.1) is 0 Å². The van der Waals surface area contributed by atoms with Crippen LogP contribution in [-0.2, 0) is 20.7 Å². The molecule has 0 bridgehead atoms. The zero-order valence-electron chi connectivity index (χ0n) is 17.2. The van der Waals surface area contributed by atoms with Crippen LogP contribution in [0.3, 0.4) is 0 Å². The number of hydrogen-bond acceptors (Lipinski definition) is 6. The van der Waals surface area contributed by atoms with E-state index < -0.39 is 12.1 Å². The Labute approximate surface area is 170 Å². The van der Waals surface area contributed by atoms with Crippen LogP contribution in [-0.4, -0.2) is 57.2 Å². The van der Waals surface area contributed by atoms with E-state index in [1.165, 1.54) is 7.11 Å². The summed E-state index contributed by atoms with van der Waals surface area (Å²) in [5.41, 5.74) is 6.91. The summed E-state index contributed by atoms with van der Waals surface area (Å²) in [6.07, 6.45) is 2.29. The highest BCUT2D eigenvalue weighted by Gasteiger charge is 2.33. The number of benzene rings is 1. The minimum absolute atomic E-state index is 0.0431. The van der Waals surface area contributed by atoms with Crippen molar-refractivity contribution in [3.05, 3.63) is 23.3 Å². The molecule has 160 valence electrons. The van der Waals surface area contributed by atoms with E-state index in [4.69, 9.17) is 19.9 Å². The Morgan fingerprint density at radius 3 is 2.45 bits per heavy atom. The number of rotatable bonds is 9. The molecule has 0 spiro atoms. The van der Waals surface area contributed by atoms with Gasteiger partial charge in [-0.25, -0.2) is 4.79 Å². The lowest BCUT2D eigenvalue weighted by Crippen LogP contribution is -2.41.